The van der Waals surface area contributed by atoms with Gasteiger partial charge >= 0.3 is 0 Å². The summed E-state index contributed by atoms with van der Waals surface area (Å²) in [5, 5.41) is 6.39. The molecule has 3 nitrogen and oxygen atoms in total. The third kappa shape index (κ3) is 4.64. The van der Waals surface area contributed by atoms with E-state index in [1.54, 1.807) is 0 Å². The van der Waals surface area contributed by atoms with Crippen molar-refractivity contribution in [3.63, 3.8) is 0 Å². The van der Waals surface area contributed by atoms with Gasteiger partial charge in [-0.3, -0.25) is 4.79 Å². The first-order chi connectivity index (χ1) is 9.65. The molecule has 0 aromatic heterocycles. The summed E-state index contributed by atoms with van der Waals surface area (Å²) in [4.78, 5) is 11.9. The van der Waals surface area contributed by atoms with Crippen molar-refractivity contribution in [2.75, 3.05) is 6.54 Å². The summed E-state index contributed by atoms with van der Waals surface area (Å²) in [5.74, 6) is 1.53. The van der Waals surface area contributed by atoms with Gasteiger partial charge in [-0.2, -0.15) is 0 Å². The van der Waals surface area contributed by atoms with E-state index in [1.807, 2.05) is 30.3 Å². The minimum atomic E-state index is 0.0827. The Kier molecular flexibility index (Phi) is 5.60. The number of nitrogens with one attached hydrogen (secondary N) is 2. The Bertz CT molecular complexity index is 418. The molecule has 1 aromatic rings. The molecule has 110 valence electrons. The second kappa shape index (κ2) is 7.44. The van der Waals surface area contributed by atoms with Crippen LogP contribution in [0.5, 0.6) is 0 Å². The first-order valence-corrected chi connectivity index (χ1v) is 7.69. The number of benzene rings is 1. The second-order valence-corrected chi connectivity index (χ2v) is 6.15. The molecule has 0 radical (unpaired) electrons. The number of amides is 1. The highest BCUT2D eigenvalue weighted by atomic mass is 16.1. The highest BCUT2D eigenvalue weighted by Gasteiger charge is 2.25. The van der Waals surface area contributed by atoms with Crippen LogP contribution in [0.25, 0.3) is 0 Å². The maximum atomic E-state index is 11.9. The Balaban J connectivity index is 1.69. The summed E-state index contributed by atoms with van der Waals surface area (Å²) in [7, 11) is 0. The molecule has 3 atom stereocenters. The van der Waals surface area contributed by atoms with Crippen LogP contribution in [-0.4, -0.2) is 18.5 Å². The van der Waals surface area contributed by atoms with Gasteiger partial charge in [-0.25, -0.2) is 0 Å². The Labute approximate surface area is 122 Å². The molecule has 20 heavy (non-hydrogen) atoms. The number of carbonyl (C=O) groups excluding carboxylic acids is 1. The number of hydrogen-bond donors (Lipinski definition) is 2. The lowest BCUT2D eigenvalue weighted by atomic mass is 9.80. The van der Waals surface area contributed by atoms with Gasteiger partial charge in [0.1, 0.15) is 0 Å². The van der Waals surface area contributed by atoms with Gasteiger partial charge in [0.05, 0.1) is 6.54 Å². The fourth-order valence-corrected chi connectivity index (χ4v) is 2.90. The highest BCUT2D eigenvalue weighted by molar-refractivity contribution is 5.78. The zero-order valence-electron chi connectivity index (χ0n) is 12.6. The fourth-order valence-electron chi connectivity index (χ4n) is 2.90. The van der Waals surface area contributed by atoms with Crippen LogP contribution in [0, 0.1) is 11.8 Å². The summed E-state index contributed by atoms with van der Waals surface area (Å²) in [6.07, 6.45) is 3.77. The van der Waals surface area contributed by atoms with E-state index < -0.39 is 0 Å². The molecule has 0 spiro atoms. The predicted molar refractivity (Wildman–Crippen MR) is 82.3 cm³/mol. The first-order valence-electron chi connectivity index (χ1n) is 7.69. The molecule has 0 heterocycles. The van der Waals surface area contributed by atoms with Gasteiger partial charge in [0.15, 0.2) is 0 Å². The molecule has 0 saturated heterocycles. The van der Waals surface area contributed by atoms with Gasteiger partial charge in [0.2, 0.25) is 5.91 Å². The van der Waals surface area contributed by atoms with E-state index in [1.165, 1.54) is 19.3 Å². The number of hydrogen-bond acceptors (Lipinski definition) is 2. The van der Waals surface area contributed by atoms with Gasteiger partial charge in [0, 0.05) is 12.6 Å². The van der Waals surface area contributed by atoms with Crippen molar-refractivity contribution in [2.45, 2.75) is 45.7 Å². The molecule has 2 rings (SSSR count). The minimum Gasteiger partial charge on any atom is -0.351 e. The topological polar surface area (TPSA) is 41.1 Å². The quantitative estimate of drug-likeness (QED) is 0.867. The lowest BCUT2D eigenvalue weighted by Crippen LogP contribution is -2.44. The fraction of sp³-hybridized carbons (Fsp3) is 0.588. The summed E-state index contributed by atoms with van der Waals surface area (Å²) in [6, 6.07) is 10.5. The van der Waals surface area contributed by atoms with Crippen molar-refractivity contribution >= 4 is 5.91 Å². The van der Waals surface area contributed by atoms with E-state index >= 15 is 0 Å². The normalized spacial score (nSPS) is 26.2. The van der Waals surface area contributed by atoms with E-state index in [9.17, 15) is 4.79 Å². The SMILES string of the molecule is CC1CCC(C)C(NCC(=O)NCc2ccccc2)C1. The third-order valence-corrected chi connectivity index (χ3v) is 4.32. The van der Waals surface area contributed by atoms with E-state index in [-0.39, 0.29) is 5.91 Å². The van der Waals surface area contributed by atoms with Crippen molar-refractivity contribution in [1.82, 2.24) is 10.6 Å². The van der Waals surface area contributed by atoms with Crippen LogP contribution in [0.15, 0.2) is 30.3 Å². The highest BCUT2D eigenvalue weighted by Crippen LogP contribution is 2.28. The molecule has 1 aliphatic carbocycles. The first kappa shape index (κ1) is 15.0. The Morgan fingerprint density at radius 3 is 2.70 bits per heavy atom. The molecule has 0 bridgehead atoms. The Morgan fingerprint density at radius 2 is 1.95 bits per heavy atom. The lowest BCUT2D eigenvalue weighted by molar-refractivity contribution is -0.120. The molecular formula is C17H26N2O. The summed E-state index contributed by atoms with van der Waals surface area (Å²) >= 11 is 0. The monoisotopic (exact) mass is 274 g/mol. The summed E-state index contributed by atoms with van der Waals surface area (Å²) < 4.78 is 0. The zero-order valence-corrected chi connectivity index (χ0v) is 12.6. The minimum absolute atomic E-state index is 0.0827. The molecule has 1 aromatic carbocycles. The van der Waals surface area contributed by atoms with E-state index in [2.05, 4.69) is 24.5 Å². The van der Waals surface area contributed by atoms with E-state index in [4.69, 9.17) is 0 Å². The molecule has 3 unspecified atom stereocenters. The van der Waals surface area contributed by atoms with E-state index in [0.29, 0.717) is 25.0 Å². The van der Waals surface area contributed by atoms with Crippen molar-refractivity contribution in [2.24, 2.45) is 11.8 Å². The van der Waals surface area contributed by atoms with Crippen LogP contribution in [0.2, 0.25) is 0 Å². The van der Waals surface area contributed by atoms with Gasteiger partial charge in [-0.05, 0) is 30.2 Å². The molecule has 2 N–H and O–H groups in total. The second-order valence-electron chi connectivity index (χ2n) is 6.15. The van der Waals surface area contributed by atoms with Gasteiger partial charge in [-0.15, -0.1) is 0 Å². The van der Waals surface area contributed by atoms with Gasteiger partial charge in [0.25, 0.3) is 0 Å². The van der Waals surface area contributed by atoms with Crippen molar-refractivity contribution in [3.8, 4) is 0 Å². The predicted octanol–water partition coefficient (Wildman–Crippen LogP) is 2.72. The lowest BCUT2D eigenvalue weighted by Gasteiger charge is -2.33. The number of rotatable bonds is 5. The molecule has 1 saturated carbocycles. The van der Waals surface area contributed by atoms with Crippen molar-refractivity contribution in [1.29, 1.82) is 0 Å². The van der Waals surface area contributed by atoms with Gasteiger partial charge < -0.3 is 10.6 Å². The summed E-state index contributed by atoms with van der Waals surface area (Å²) in [6.45, 7) is 5.62. The van der Waals surface area contributed by atoms with Crippen LogP contribution in [0.1, 0.15) is 38.7 Å². The average Bonchev–Trinajstić information content (AvgIpc) is 2.47. The molecule has 1 amide bonds. The van der Waals surface area contributed by atoms with Crippen molar-refractivity contribution in [3.05, 3.63) is 35.9 Å². The smallest absolute Gasteiger partial charge is 0.234 e. The zero-order chi connectivity index (χ0) is 14.4. The maximum absolute atomic E-state index is 11.9. The van der Waals surface area contributed by atoms with Crippen LogP contribution >= 0.6 is 0 Å². The Morgan fingerprint density at radius 1 is 1.20 bits per heavy atom. The van der Waals surface area contributed by atoms with E-state index in [0.717, 1.165) is 11.5 Å². The average molecular weight is 274 g/mol. The number of carbonyl (C=O) groups is 1. The summed E-state index contributed by atoms with van der Waals surface area (Å²) in [5.41, 5.74) is 1.14. The van der Waals surface area contributed by atoms with Crippen LogP contribution in [0.3, 0.4) is 0 Å². The molecular weight excluding hydrogens is 248 g/mol. The molecule has 0 aliphatic heterocycles. The molecule has 1 aliphatic rings. The largest absolute Gasteiger partial charge is 0.351 e. The van der Waals surface area contributed by atoms with Crippen LogP contribution in [-0.2, 0) is 11.3 Å². The van der Waals surface area contributed by atoms with Crippen LogP contribution in [0.4, 0.5) is 0 Å². The standard InChI is InChI=1S/C17H26N2O/c1-13-8-9-14(2)16(10-13)18-12-17(20)19-11-15-6-4-3-5-7-15/h3-7,13-14,16,18H,8-12H2,1-2H3,(H,19,20). The van der Waals surface area contributed by atoms with Gasteiger partial charge in [-0.1, -0.05) is 50.6 Å². The maximum Gasteiger partial charge on any atom is 0.234 e. The Hall–Kier alpha value is -1.35. The van der Waals surface area contributed by atoms with Crippen LogP contribution < -0.4 is 10.6 Å². The molecule has 1 fully saturated rings. The van der Waals surface area contributed by atoms with Crippen molar-refractivity contribution < 1.29 is 4.79 Å². The third-order valence-electron chi connectivity index (χ3n) is 4.32. The molecule has 3 heteroatoms.